The molecule has 0 spiro atoms. The fraction of sp³-hybridized carbons (Fsp3) is 0.929. The standard InChI is InChI=1S/C14H26ClNO/c1-3-5-7-12(4-2)14(17)16(11-10-15)13-8-6-9-13/h12-13H,3-11H2,1-2H3. The van der Waals surface area contributed by atoms with E-state index in [1.807, 2.05) is 0 Å². The van der Waals surface area contributed by atoms with Crippen LogP contribution in [0.1, 0.15) is 58.8 Å². The molecule has 1 rings (SSSR count). The number of amides is 1. The predicted octanol–water partition coefficient (Wildman–Crippen LogP) is 3.82. The lowest BCUT2D eigenvalue weighted by atomic mass is 9.89. The van der Waals surface area contributed by atoms with Gasteiger partial charge in [0.05, 0.1) is 0 Å². The Balaban J connectivity index is 2.53. The van der Waals surface area contributed by atoms with E-state index in [2.05, 4.69) is 18.7 Å². The lowest BCUT2D eigenvalue weighted by molar-refractivity contribution is -0.139. The molecule has 0 N–H and O–H groups in total. The molecule has 1 aliphatic rings. The number of unbranched alkanes of at least 4 members (excludes halogenated alkanes) is 1. The molecular weight excluding hydrogens is 234 g/mol. The Hall–Kier alpha value is -0.240. The molecule has 0 aromatic heterocycles. The third-order valence-corrected chi connectivity index (χ3v) is 4.04. The first-order chi connectivity index (χ1) is 8.24. The number of carbonyl (C=O) groups excluding carboxylic acids is 1. The molecule has 0 aromatic carbocycles. The average Bonchev–Trinajstić information content (AvgIpc) is 2.27. The van der Waals surface area contributed by atoms with Crippen LogP contribution in [-0.4, -0.2) is 29.3 Å². The zero-order valence-corrected chi connectivity index (χ0v) is 12.0. The lowest BCUT2D eigenvalue weighted by Gasteiger charge is -2.39. The van der Waals surface area contributed by atoms with Crippen molar-refractivity contribution in [2.24, 2.45) is 5.92 Å². The molecule has 0 aromatic rings. The number of hydrogen-bond acceptors (Lipinski definition) is 1. The first-order valence-corrected chi connectivity index (χ1v) is 7.64. The second-order valence-electron chi connectivity index (χ2n) is 5.05. The number of halogens is 1. The molecule has 1 atom stereocenters. The largest absolute Gasteiger partial charge is 0.338 e. The molecule has 17 heavy (non-hydrogen) atoms. The van der Waals surface area contributed by atoms with Crippen LogP contribution in [0.15, 0.2) is 0 Å². The molecule has 0 radical (unpaired) electrons. The summed E-state index contributed by atoms with van der Waals surface area (Å²) < 4.78 is 0. The second-order valence-corrected chi connectivity index (χ2v) is 5.43. The summed E-state index contributed by atoms with van der Waals surface area (Å²) in [4.78, 5) is 14.5. The lowest BCUT2D eigenvalue weighted by Crippen LogP contribution is -2.47. The van der Waals surface area contributed by atoms with Crippen LogP contribution in [0.2, 0.25) is 0 Å². The SMILES string of the molecule is CCCCC(CC)C(=O)N(CCCl)C1CCC1. The maximum atomic E-state index is 12.5. The quantitative estimate of drug-likeness (QED) is 0.607. The van der Waals surface area contributed by atoms with E-state index in [4.69, 9.17) is 11.6 Å². The summed E-state index contributed by atoms with van der Waals surface area (Å²) >= 11 is 5.82. The highest BCUT2D eigenvalue weighted by atomic mass is 35.5. The fourth-order valence-electron chi connectivity index (χ4n) is 2.45. The highest BCUT2D eigenvalue weighted by Crippen LogP contribution is 2.27. The van der Waals surface area contributed by atoms with Gasteiger partial charge < -0.3 is 4.90 Å². The summed E-state index contributed by atoms with van der Waals surface area (Å²) in [5, 5.41) is 0. The zero-order chi connectivity index (χ0) is 12.7. The first kappa shape index (κ1) is 14.8. The minimum absolute atomic E-state index is 0.221. The number of rotatable bonds is 8. The normalized spacial score (nSPS) is 17.6. The summed E-state index contributed by atoms with van der Waals surface area (Å²) in [5.41, 5.74) is 0. The highest BCUT2D eigenvalue weighted by Gasteiger charge is 2.31. The predicted molar refractivity (Wildman–Crippen MR) is 73.4 cm³/mol. The van der Waals surface area contributed by atoms with Crippen LogP contribution < -0.4 is 0 Å². The van der Waals surface area contributed by atoms with Gasteiger partial charge in [0, 0.05) is 24.4 Å². The minimum Gasteiger partial charge on any atom is -0.338 e. The van der Waals surface area contributed by atoms with Crippen molar-refractivity contribution in [3.8, 4) is 0 Å². The Bertz CT molecular complexity index is 228. The van der Waals surface area contributed by atoms with E-state index in [9.17, 15) is 4.79 Å². The molecule has 1 aliphatic carbocycles. The van der Waals surface area contributed by atoms with Crippen molar-refractivity contribution in [1.29, 1.82) is 0 Å². The van der Waals surface area contributed by atoms with Crippen LogP contribution in [0.3, 0.4) is 0 Å². The van der Waals surface area contributed by atoms with Gasteiger partial charge in [-0.2, -0.15) is 0 Å². The van der Waals surface area contributed by atoms with Crippen LogP contribution in [0, 0.1) is 5.92 Å². The Labute approximate surface area is 111 Å². The van der Waals surface area contributed by atoms with Gasteiger partial charge in [0.2, 0.25) is 5.91 Å². The molecule has 1 fully saturated rings. The third-order valence-electron chi connectivity index (χ3n) is 3.87. The van der Waals surface area contributed by atoms with Gasteiger partial charge in [0.1, 0.15) is 0 Å². The van der Waals surface area contributed by atoms with Crippen LogP contribution in [0.5, 0.6) is 0 Å². The number of carbonyl (C=O) groups is 1. The van der Waals surface area contributed by atoms with Gasteiger partial charge in [0.25, 0.3) is 0 Å². The summed E-state index contributed by atoms with van der Waals surface area (Å²) in [7, 11) is 0. The Kier molecular flexibility index (Phi) is 6.94. The minimum atomic E-state index is 0.221. The molecule has 0 saturated heterocycles. The summed E-state index contributed by atoms with van der Waals surface area (Å²) in [5.74, 6) is 1.14. The van der Waals surface area contributed by atoms with Gasteiger partial charge in [-0.05, 0) is 32.1 Å². The third kappa shape index (κ3) is 4.17. The van der Waals surface area contributed by atoms with Crippen LogP contribution in [0.25, 0.3) is 0 Å². The summed E-state index contributed by atoms with van der Waals surface area (Å²) in [6.45, 7) is 5.03. The van der Waals surface area contributed by atoms with E-state index in [0.29, 0.717) is 17.8 Å². The Morgan fingerprint density at radius 1 is 1.41 bits per heavy atom. The van der Waals surface area contributed by atoms with E-state index < -0.39 is 0 Å². The van der Waals surface area contributed by atoms with E-state index in [1.54, 1.807) is 0 Å². The van der Waals surface area contributed by atoms with Crippen molar-refractivity contribution in [3.05, 3.63) is 0 Å². The number of alkyl halides is 1. The molecule has 0 heterocycles. The van der Waals surface area contributed by atoms with Crippen molar-refractivity contribution < 1.29 is 4.79 Å². The van der Waals surface area contributed by atoms with Gasteiger partial charge >= 0.3 is 0 Å². The van der Waals surface area contributed by atoms with Crippen LogP contribution >= 0.6 is 11.6 Å². The fourth-order valence-corrected chi connectivity index (χ4v) is 2.63. The molecule has 1 amide bonds. The smallest absolute Gasteiger partial charge is 0.225 e. The van der Waals surface area contributed by atoms with Crippen LogP contribution in [0.4, 0.5) is 0 Å². The molecule has 100 valence electrons. The highest BCUT2D eigenvalue weighted by molar-refractivity contribution is 6.18. The molecule has 1 unspecified atom stereocenters. The molecular formula is C14H26ClNO. The summed E-state index contributed by atoms with van der Waals surface area (Å²) in [6, 6.07) is 0.483. The van der Waals surface area contributed by atoms with Crippen LogP contribution in [-0.2, 0) is 4.79 Å². The monoisotopic (exact) mass is 259 g/mol. The molecule has 0 aliphatic heterocycles. The Morgan fingerprint density at radius 2 is 2.12 bits per heavy atom. The van der Waals surface area contributed by atoms with Gasteiger partial charge in [-0.15, -0.1) is 11.6 Å². The van der Waals surface area contributed by atoms with Crippen molar-refractivity contribution in [1.82, 2.24) is 4.90 Å². The zero-order valence-electron chi connectivity index (χ0n) is 11.3. The van der Waals surface area contributed by atoms with E-state index >= 15 is 0 Å². The number of hydrogen-bond donors (Lipinski definition) is 0. The van der Waals surface area contributed by atoms with Crippen molar-refractivity contribution >= 4 is 17.5 Å². The van der Waals surface area contributed by atoms with E-state index in [1.165, 1.54) is 25.7 Å². The van der Waals surface area contributed by atoms with E-state index in [-0.39, 0.29) is 5.92 Å². The molecule has 3 heteroatoms. The van der Waals surface area contributed by atoms with Gasteiger partial charge in [-0.3, -0.25) is 4.79 Å². The maximum Gasteiger partial charge on any atom is 0.225 e. The Morgan fingerprint density at radius 3 is 2.53 bits per heavy atom. The van der Waals surface area contributed by atoms with Crippen molar-refractivity contribution in [2.75, 3.05) is 12.4 Å². The summed E-state index contributed by atoms with van der Waals surface area (Å²) in [6.07, 6.45) is 7.94. The maximum absolute atomic E-state index is 12.5. The van der Waals surface area contributed by atoms with Crippen molar-refractivity contribution in [2.45, 2.75) is 64.8 Å². The van der Waals surface area contributed by atoms with Gasteiger partial charge in [-0.25, -0.2) is 0 Å². The van der Waals surface area contributed by atoms with E-state index in [0.717, 1.165) is 25.8 Å². The average molecular weight is 260 g/mol. The van der Waals surface area contributed by atoms with Gasteiger partial charge in [-0.1, -0.05) is 26.7 Å². The molecule has 0 bridgehead atoms. The van der Waals surface area contributed by atoms with Crippen molar-refractivity contribution in [3.63, 3.8) is 0 Å². The second kappa shape index (κ2) is 7.97. The topological polar surface area (TPSA) is 20.3 Å². The first-order valence-electron chi connectivity index (χ1n) is 7.11. The number of nitrogens with zero attached hydrogens (tertiary/aromatic N) is 1. The van der Waals surface area contributed by atoms with Gasteiger partial charge in [0.15, 0.2) is 0 Å². The molecule has 1 saturated carbocycles. The molecule has 2 nitrogen and oxygen atoms in total.